The molecular weight excluding hydrogens is 258 g/mol. The highest BCUT2D eigenvalue weighted by Gasteiger charge is 2.33. The summed E-state index contributed by atoms with van der Waals surface area (Å²) in [6.45, 7) is 5.48. The molecular formula is C18H29N3. The van der Waals surface area contributed by atoms with Gasteiger partial charge in [0.2, 0.25) is 0 Å². The molecule has 0 aromatic carbocycles. The Labute approximate surface area is 129 Å². The number of hydrogen-bond donors (Lipinski definition) is 1. The summed E-state index contributed by atoms with van der Waals surface area (Å²) in [7, 11) is 0. The van der Waals surface area contributed by atoms with Crippen molar-refractivity contribution in [3.63, 3.8) is 0 Å². The molecule has 1 aromatic rings. The van der Waals surface area contributed by atoms with Gasteiger partial charge in [0.25, 0.3) is 0 Å². The third-order valence-electron chi connectivity index (χ3n) is 5.09. The van der Waals surface area contributed by atoms with Crippen LogP contribution in [0, 0.1) is 5.92 Å². The summed E-state index contributed by atoms with van der Waals surface area (Å²) in [5, 5.41) is 3.40. The average Bonchev–Trinajstić information content (AvgIpc) is 2.54. The van der Waals surface area contributed by atoms with Crippen molar-refractivity contribution in [2.75, 3.05) is 18.4 Å². The predicted molar refractivity (Wildman–Crippen MR) is 88.4 cm³/mol. The van der Waals surface area contributed by atoms with E-state index in [-0.39, 0.29) is 0 Å². The largest absolute Gasteiger partial charge is 0.370 e. The van der Waals surface area contributed by atoms with Crippen molar-refractivity contribution in [3.8, 4) is 0 Å². The van der Waals surface area contributed by atoms with E-state index < -0.39 is 0 Å². The summed E-state index contributed by atoms with van der Waals surface area (Å²) in [6.07, 6.45) is 9.68. The highest BCUT2D eigenvalue weighted by atomic mass is 15.2. The quantitative estimate of drug-likeness (QED) is 0.885. The molecule has 0 spiro atoms. The molecule has 1 aliphatic heterocycles. The molecule has 0 bridgehead atoms. The second kappa shape index (κ2) is 7.26. The molecule has 116 valence electrons. The van der Waals surface area contributed by atoms with E-state index in [2.05, 4.69) is 35.3 Å². The van der Waals surface area contributed by atoms with Gasteiger partial charge in [-0.25, -0.2) is 4.98 Å². The molecule has 1 N–H and O–H groups in total. The highest BCUT2D eigenvalue weighted by molar-refractivity contribution is 5.35. The van der Waals surface area contributed by atoms with Crippen molar-refractivity contribution in [1.82, 2.24) is 9.88 Å². The summed E-state index contributed by atoms with van der Waals surface area (Å²) in [6, 6.07) is 7.23. The number of nitrogens with zero attached hydrogens (tertiary/aromatic N) is 2. The Kier molecular flexibility index (Phi) is 5.13. The minimum atomic E-state index is 0.821. The summed E-state index contributed by atoms with van der Waals surface area (Å²) in [5.41, 5.74) is 1.22. The van der Waals surface area contributed by atoms with Crippen LogP contribution in [-0.4, -0.2) is 29.0 Å². The van der Waals surface area contributed by atoms with E-state index in [0.717, 1.165) is 37.3 Å². The SMILES string of the molecule is CCCNc1cccc(CN2CCCC3CCCCC32)n1. The number of fused-ring (bicyclic) bond motifs is 1. The van der Waals surface area contributed by atoms with Crippen molar-refractivity contribution >= 4 is 5.82 Å². The van der Waals surface area contributed by atoms with E-state index in [4.69, 9.17) is 4.98 Å². The maximum absolute atomic E-state index is 4.79. The van der Waals surface area contributed by atoms with Gasteiger partial charge < -0.3 is 5.32 Å². The first-order valence-corrected chi connectivity index (χ1v) is 8.80. The maximum atomic E-state index is 4.79. The number of aromatic nitrogens is 1. The Balaban J connectivity index is 1.64. The van der Waals surface area contributed by atoms with Crippen LogP contribution in [0.2, 0.25) is 0 Å². The van der Waals surface area contributed by atoms with Gasteiger partial charge in [-0.05, 0) is 56.7 Å². The van der Waals surface area contributed by atoms with Crippen molar-refractivity contribution in [2.45, 2.75) is 64.5 Å². The molecule has 1 aliphatic carbocycles. The van der Waals surface area contributed by atoms with E-state index >= 15 is 0 Å². The van der Waals surface area contributed by atoms with Crippen LogP contribution in [-0.2, 0) is 6.54 Å². The van der Waals surface area contributed by atoms with E-state index in [0.29, 0.717) is 0 Å². The van der Waals surface area contributed by atoms with Gasteiger partial charge in [0.1, 0.15) is 5.82 Å². The minimum absolute atomic E-state index is 0.821. The first-order valence-electron chi connectivity index (χ1n) is 8.80. The topological polar surface area (TPSA) is 28.2 Å². The number of piperidine rings is 1. The predicted octanol–water partition coefficient (Wildman–Crippen LogP) is 4.06. The van der Waals surface area contributed by atoms with Gasteiger partial charge in [0, 0.05) is 19.1 Å². The third-order valence-corrected chi connectivity index (χ3v) is 5.09. The van der Waals surface area contributed by atoms with E-state index in [1.807, 2.05) is 0 Å². The zero-order valence-electron chi connectivity index (χ0n) is 13.4. The first-order chi connectivity index (χ1) is 10.4. The molecule has 3 nitrogen and oxygen atoms in total. The Morgan fingerprint density at radius 3 is 2.95 bits per heavy atom. The molecule has 0 radical (unpaired) electrons. The van der Waals surface area contributed by atoms with Gasteiger partial charge in [-0.3, -0.25) is 4.90 Å². The van der Waals surface area contributed by atoms with Gasteiger partial charge >= 0.3 is 0 Å². The molecule has 1 aromatic heterocycles. The van der Waals surface area contributed by atoms with Crippen LogP contribution in [0.3, 0.4) is 0 Å². The lowest BCUT2D eigenvalue weighted by Gasteiger charge is -2.44. The Hall–Kier alpha value is -1.09. The van der Waals surface area contributed by atoms with Crippen LogP contribution in [0.25, 0.3) is 0 Å². The number of nitrogens with one attached hydrogen (secondary N) is 1. The summed E-state index contributed by atoms with van der Waals surface area (Å²) < 4.78 is 0. The zero-order valence-corrected chi connectivity index (χ0v) is 13.4. The van der Waals surface area contributed by atoms with Crippen molar-refractivity contribution < 1.29 is 0 Å². The van der Waals surface area contributed by atoms with Crippen LogP contribution >= 0.6 is 0 Å². The third kappa shape index (κ3) is 3.76. The van der Waals surface area contributed by atoms with Crippen molar-refractivity contribution in [3.05, 3.63) is 23.9 Å². The number of pyridine rings is 1. The summed E-state index contributed by atoms with van der Waals surface area (Å²) in [5.74, 6) is 1.99. The maximum Gasteiger partial charge on any atom is 0.126 e. The standard InChI is InChI=1S/C18H29N3/c1-2-12-19-18-11-5-9-16(20-18)14-21-13-6-8-15-7-3-4-10-17(15)21/h5,9,11,15,17H,2-4,6-8,10,12-14H2,1H3,(H,19,20). The van der Waals surface area contributed by atoms with Crippen LogP contribution in [0.15, 0.2) is 18.2 Å². The van der Waals surface area contributed by atoms with Crippen molar-refractivity contribution in [2.24, 2.45) is 5.92 Å². The van der Waals surface area contributed by atoms with Crippen LogP contribution in [0.5, 0.6) is 0 Å². The Morgan fingerprint density at radius 2 is 2.05 bits per heavy atom. The Morgan fingerprint density at radius 1 is 1.19 bits per heavy atom. The van der Waals surface area contributed by atoms with Gasteiger partial charge in [0.15, 0.2) is 0 Å². The average molecular weight is 287 g/mol. The summed E-state index contributed by atoms with van der Waals surface area (Å²) in [4.78, 5) is 7.50. The fourth-order valence-corrected chi connectivity index (χ4v) is 4.05. The van der Waals surface area contributed by atoms with Crippen LogP contribution < -0.4 is 5.32 Å². The van der Waals surface area contributed by atoms with Crippen molar-refractivity contribution in [1.29, 1.82) is 0 Å². The normalized spacial score (nSPS) is 26.3. The molecule has 3 heteroatoms. The van der Waals surface area contributed by atoms with E-state index in [1.54, 1.807) is 0 Å². The molecule has 2 atom stereocenters. The molecule has 1 saturated carbocycles. The van der Waals surface area contributed by atoms with E-state index in [1.165, 1.54) is 50.8 Å². The van der Waals surface area contributed by atoms with Gasteiger partial charge in [0.05, 0.1) is 5.69 Å². The summed E-state index contributed by atoms with van der Waals surface area (Å²) >= 11 is 0. The lowest BCUT2D eigenvalue weighted by atomic mass is 9.78. The second-order valence-corrected chi connectivity index (χ2v) is 6.67. The number of hydrogen-bond acceptors (Lipinski definition) is 3. The molecule has 2 heterocycles. The number of anilines is 1. The zero-order chi connectivity index (χ0) is 14.5. The van der Waals surface area contributed by atoms with Gasteiger partial charge in [-0.15, -0.1) is 0 Å². The molecule has 2 unspecified atom stereocenters. The van der Waals surface area contributed by atoms with Gasteiger partial charge in [-0.1, -0.05) is 25.8 Å². The highest BCUT2D eigenvalue weighted by Crippen LogP contribution is 2.35. The smallest absolute Gasteiger partial charge is 0.126 e. The lowest BCUT2D eigenvalue weighted by molar-refractivity contribution is 0.0538. The minimum Gasteiger partial charge on any atom is -0.370 e. The monoisotopic (exact) mass is 287 g/mol. The molecule has 0 amide bonds. The fraction of sp³-hybridized carbons (Fsp3) is 0.722. The second-order valence-electron chi connectivity index (χ2n) is 6.67. The lowest BCUT2D eigenvalue weighted by Crippen LogP contribution is -2.46. The van der Waals surface area contributed by atoms with Crippen LogP contribution in [0.4, 0.5) is 5.82 Å². The number of rotatable bonds is 5. The molecule has 21 heavy (non-hydrogen) atoms. The molecule has 1 saturated heterocycles. The molecule has 2 aliphatic rings. The molecule has 2 fully saturated rings. The Bertz CT molecular complexity index is 444. The van der Waals surface area contributed by atoms with Crippen LogP contribution in [0.1, 0.15) is 57.6 Å². The first kappa shape index (κ1) is 14.8. The van der Waals surface area contributed by atoms with E-state index in [9.17, 15) is 0 Å². The fourth-order valence-electron chi connectivity index (χ4n) is 4.05. The van der Waals surface area contributed by atoms with Gasteiger partial charge in [-0.2, -0.15) is 0 Å². The number of likely N-dealkylation sites (tertiary alicyclic amines) is 1. The molecule has 3 rings (SSSR count).